The third kappa shape index (κ3) is 5.11. The molecule has 2 aromatic carbocycles. The molecule has 0 radical (unpaired) electrons. The fourth-order valence-electron chi connectivity index (χ4n) is 2.02. The van der Waals surface area contributed by atoms with Crippen molar-refractivity contribution in [2.75, 3.05) is 11.9 Å². The number of rotatable bonds is 6. The van der Waals surface area contributed by atoms with E-state index in [0.29, 0.717) is 5.69 Å². The van der Waals surface area contributed by atoms with Crippen LogP contribution in [0.1, 0.15) is 12.8 Å². The smallest absolute Gasteiger partial charge is 0.309 e. The summed E-state index contributed by atoms with van der Waals surface area (Å²) in [6, 6.07) is 15.6. The van der Waals surface area contributed by atoms with Gasteiger partial charge in [0.1, 0.15) is 0 Å². The first kappa shape index (κ1) is 17.0. The van der Waals surface area contributed by atoms with Crippen LogP contribution in [-0.2, 0) is 14.3 Å². The van der Waals surface area contributed by atoms with Crippen molar-refractivity contribution in [1.29, 1.82) is 0 Å². The summed E-state index contributed by atoms with van der Waals surface area (Å²) in [5.74, 6) is -0.587. The van der Waals surface area contributed by atoms with Gasteiger partial charge in [0.25, 0.3) is 5.91 Å². The van der Waals surface area contributed by atoms with E-state index in [0.717, 1.165) is 27.1 Å². The van der Waals surface area contributed by atoms with E-state index >= 15 is 0 Å². The lowest BCUT2D eigenvalue weighted by Gasteiger charge is -2.07. The van der Waals surface area contributed by atoms with Crippen LogP contribution in [-0.4, -0.2) is 18.5 Å². The van der Waals surface area contributed by atoms with E-state index in [1.54, 1.807) is 11.8 Å². The molecule has 1 N–H and O–H groups in total. The summed E-state index contributed by atoms with van der Waals surface area (Å²) in [5, 5.41) is 2.72. The van der Waals surface area contributed by atoms with Crippen LogP contribution < -0.4 is 5.32 Å². The zero-order valence-corrected chi connectivity index (χ0v) is 15.2. The number of esters is 1. The molecule has 0 atom stereocenters. The summed E-state index contributed by atoms with van der Waals surface area (Å²) in [6.45, 7) is -0.231. The van der Waals surface area contributed by atoms with Gasteiger partial charge in [-0.2, -0.15) is 0 Å². The Hall–Kier alpha value is -1.79. The van der Waals surface area contributed by atoms with Crippen LogP contribution in [0.3, 0.4) is 0 Å². The lowest BCUT2D eigenvalue weighted by molar-refractivity contribution is -0.148. The zero-order chi connectivity index (χ0) is 16.9. The monoisotopic (exact) mass is 405 g/mol. The van der Waals surface area contributed by atoms with Crippen molar-refractivity contribution in [2.24, 2.45) is 5.92 Å². The van der Waals surface area contributed by atoms with E-state index in [4.69, 9.17) is 4.74 Å². The van der Waals surface area contributed by atoms with Crippen molar-refractivity contribution in [3.63, 3.8) is 0 Å². The quantitative estimate of drug-likeness (QED) is 0.719. The Labute approximate surface area is 153 Å². The lowest BCUT2D eigenvalue weighted by Crippen LogP contribution is -2.21. The predicted molar refractivity (Wildman–Crippen MR) is 97.0 cm³/mol. The van der Waals surface area contributed by atoms with Gasteiger partial charge in [0.2, 0.25) is 0 Å². The van der Waals surface area contributed by atoms with Crippen LogP contribution in [0.4, 0.5) is 5.69 Å². The van der Waals surface area contributed by atoms with Gasteiger partial charge in [0.05, 0.1) is 5.92 Å². The molecule has 2 aromatic rings. The highest BCUT2D eigenvalue weighted by Gasteiger charge is 2.31. The highest BCUT2D eigenvalue weighted by atomic mass is 79.9. The van der Waals surface area contributed by atoms with E-state index < -0.39 is 0 Å². The number of benzene rings is 2. The van der Waals surface area contributed by atoms with Gasteiger partial charge in [-0.05, 0) is 61.4 Å². The molecule has 124 valence electrons. The number of hydrogen-bond donors (Lipinski definition) is 1. The minimum absolute atomic E-state index is 0.00715. The number of carbonyl (C=O) groups excluding carboxylic acids is 2. The first-order valence-electron chi connectivity index (χ1n) is 7.60. The molecule has 0 bridgehead atoms. The number of anilines is 1. The van der Waals surface area contributed by atoms with Crippen LogP contribution in [0.25, 0.3) is 0 Å². The maximum absolute atomic E-state index is 11.8. The maximum Gasteiger partial charge on any atom is 0.309 e. The summed E-state index contributed by atoms with van der Waals surface area (Å²) >= 11 is 5.06. The number of hydrogen-bond acceptors (Lipinski definition) is 4. The normalized spacial score (nSPS) is 13.4. The minimum Gasteiger partial charge on any atom is -0.455 e. The van der Waals surface area contributed by atoms with Crippen LogP contribution in [0.2, 0.25) is 0 Å². The minimum atomic E-state index is -0.322. The number of halogens is 1. The van der Waals surface area contributed by atoms with Gasteiger partial charge in [-0.3, -0.25) is 9.59 Å². The zero-order valence-electron chi connectivity index (χ0n) is 12.8. The van der Waals surface area contributed by atoms with Gasteiger partial charge in [-0.25, -0.2) is 0 Å². The van der Waals surface area contributed by atoms with Crippen molar-refractivity contribution in [1.82, 2.24) is 0 Å². The molecule has 6 heteroatoms. The largest absolute Gasteiger partial charge is 0.455 e. The van der Waals surface area contributed by atoms with Gasteiger partial charge in [0.15, 0.2) is 6.61 Å². The summed E-state index contributed by atoms with van der Waals surface area (Å²) in [6.07, 6.45) is 1.75. The van der Waals surface area contributed by atoms with Gasteiger partial charge in [-0.1, -0.05) is 27.7 Å². The average Bonchev–Trinajstić information content (AvgIpc) is 3.42. The molecule has 0 saturated heterocycles. The summed E-state index contributed by atoms with van der Waals surface area (Å²) < 4.78 is 6.00. The molecular formula is C18H16BrNO3S. The molecule has 4 nitrogen and oxygen atoms in total. The maximum atomic E-state index is 11.8. The molecule has 0 heterocycles. The van der Waals surface area contributed by atoms with Crippen LogP contribution in [0.15, 0.2) is 62.8 Å². The molecular weight excluding hydrogens is 390 g/mol. The molecule has 1 fully saturated rings. The Kier molecular flexibility index (Phi) is 5.58. The molecule has 0 unspecified atom stereocenters. The Morgan fingerprint density at radius 3 is 2.21 bits per heavy atom. The molecule has 1 saturated carbocycles. The Bertz CT molecular complexity index is 727. The SMILES string of the molecule is O=C(COC(=O)C1CC1)Nc1ccc(Sc2ccc(Br)cc2)cc1. The van der Waals surface area contributed by atoms with E-state index in [1.807, 2.05) is 48.5 Å². The van der Waals surface area contributed by atoms with Crippen LogP contribution >= 0.6 is 27.7 Å². The molecule has 1 amide bonds. The highest BCUT2D eigenvalue weighted by Crippen LogP contribution is 2.30. The first-order chi connectivity index (χ1) is 11.6. The van der Waals surface area contributed by atoms with Crippen molar-refractivity contribution in [3.8, 4) is 0 Å². The number of carbonyl (C=O) groups is 2. The standard InChI is InChI=1S/C18H16BrNO3S/c19-13-3-7-15(8-4-13)24-16-9-5-14(6-10-16)20-17(21)11-23-18(22)12-1-2-12/h3-10,12H,1-2,11H2,(H,20,21). The molecule has 3 rings (SSSR count). The summed E-state index contributed by atoms with van der Waals surface area (Å²) in [4.78, 5) is 25.4. The number of ether oxygens (including phenoxy) is 1. The second-order valence-corrected chi connectivity index (χ2v) is 7.57. The Balaban J connectivity index is 1.49. The number of nitrogens with one attached hydrogen (secondary N) is 1. The van der Waals surface area contributed by atoms with E-state index in [1.165, 1.54) is 0 Å². The van der Waals surface area contributed by atoms with Gasteiger partial charge >= 0.3 is 5.97 Å². The second-order valence-electron chi connectivity index (χ2n) is 5.51. The average molecular weight is 406 g/mol. The molecule has 0 aromatic heterocycles. The topological polar surface area (TPSA) is 55.4 Å². The van der Waals surface area contributed by atoms with E-state index in [9.17, 15) is 9.59 Å². The van der Waals surface area contributed by atoms with Crippen molar-refractivity contribution >= 4 is 45.3 Å². The van der Waals surface area contributed by atoms with Gasteiger partial charge in [-0.15, -0.1) is 0 Å². The molecule has 0 aliphatic heterocycles. The van der Waals surface area contributed by atoms with E-state index in [2.05, 4.69) is 21.2 Å². The first-order valence-corrected chi connectivity index (χ1v) is 9.21. The van der Waals surface area contributed by atoms with E-state index in [-0.39, 0.29) is 24.4 Å². The molecule has 24 heavy (non-hydrogen) atoms. The van der Waals surface area contributed by atoms with Crippen molar-refractivity contribution in [2.45, 2.75) is 22.6 Å². The lowest BCUT2D eigenvalue weighted by atomic mass is 10.3. The Morgan fingerprint density at radius 1 is 1.04 bits per heavy atom. The van der Waals surface area contributed by atoms with Crippen molar-refractivity contribution < 1.29 is 14.3 Å². The third-order valence-electron chi connectivity index (χ3n) is 3.44. The fraction of sp³-hybridized carbons (Fsp3) is 0.222. The fourth-order valence-corrected chi connectivity index (χ4v) is 3.10. The summed E-state index contributed by atoms with van der Waals surface area (Å²) in [5.41, 5.74) is 0.683. The number of amides is 1. The van der Waals surface area contributed by atoms with Crippen molar-refractivity contribution in [3.05, 3.63) is 53.0 Å². The van der Waals surface area contributed by atoms with Crippen LogP contribution in [0, 0.1) is 5.92 Å². The third-order valence-corrected chi connectivity index (χ3v) is 4.99. The highest BCUT2D eigenvalue weighted by molar-refractivity contribution is 9.10. The van der Waals surface area contributed by atoms with Gasteiger partial charge < -0.3 is 10.1 Å². The molecule has 0 spiro atoms. The van der Waals surface area contributed by atoms with Crippen LogP contribution in [0.5, 0.6) is 0 Å². The van der Waals surface area contributed by atoms with Gasteiger partial charge in [0, 0.05) is 20.0 Å². The summed E-state index contributed by atoms with van der Waals surface area (Å²) in [7, 11) is 0. The Morgan fingerprint density at radius 2 is 1.62 bits per heavy atom. The molecule has 1 aliphatic rings. The predicted octanol–water partition coefficient (Wildman–Crippen LogP) is 4.49. The molecule has 1 aliphatic carbocycles. The second kappa shape index (κ2) is 7.85.